The first kappa shape index (κ1) is 17.8. The fourth-order valence-electron chi connectivity index (χ4n) is 4.36. The number of pyridine rings is 1. The largest absolute Gasteiger partial charge is 0.449 e. The molecule has 0 spiro atoms. The SMILES string of the molecule is CCN(CC)C(=O)N1CC2[C@H](CCNC(=O)c3cc4ccncc4o3)[C@H]2C1. The van der Waals surface area contributed by atoms with Crippen LogP contribution in [0.4, 0.5) is 4.79 Å². The first-order chi connectivity index (χ1) is 13.1. The average molecular weight is 370 g/mol. The van der Waals surface area contributed by atoms with Gasteiger partial charge in [-0.2, -0.15) is 0 Å². The Morgan fingerprint density at radius 2 is 2.04 bits per heavy atom. The monoisotopic (exact) mass is 370 g/mol. The van der Waals surface area contributed by atoms with Crippen LogP contribution in [0.1, 0.15) is 30.8 Å². The van der Waals surface area contributed by atoms with Gasteiger partial charge in [0.2, 0.25) is 0 Å². The lowest BCUT2D eigenvalue weighted by Gasteiger charge is -2.27. The molecule has 1 saturated heterocycles. The van der Waals surface area contributed by atoms with Crippen LogP contribution in [-0.4, -0.2) is 59.4 Å². The van der Waals surface area contributed by atoms with Gasteiger partial charge in [-0.3, -0.25) is 9.78 Å². The van der Waals surface area contributed by atoms with E-state index in [1.54, 1.807) is 18.5 Å². The molecule has 2 fully saturated rings. The van der Waals surface area contributed by atoms with Gasteiger partial charge in [0, 0.05) is 44.3 Å². The van der Waals surface area contributed by atoms with Crippen molar-refractivity contribution in [3.8, 4) is 0 Å². The molecule has 1 aliphatic carbocycles. The highest BCUT2D eigenvalue weighted by molar-refractivity contribution is 5.95. The van der Waals surface area contributed by atoms with E-state index >= 15 is 0 Å². The zero-order valence-corrected chi connectivity index (χ0v) is 15.9. The molecule has 2 aromatic heterocycles. The van der Waals surface area contributed by atoms with Crippen molar-refractivity contribution in [1.82, 2.24) is 20.1 Å². The molecule has 4 rings (SSSR count). The number of nitrogens with zero attached hydrogens (tertiary/aromatic N) is 3. The summed E-state index contributed by atoms with van der Waals surface area (Å²) in [5.74, 6) is 1.95. The number of carbonyl (C=O) groups is 2. The first-order valence-corrected chi connectivity index (χ1v) is 9.78. The second-order valence-corrected chi connectivity index (χ2v) is 7.42. The molecule has 1 unspecified atom stereocenters. The summed E-state index contributed by atoms with van der Waals surface area (Å²) >= 11 is 0. The van der Waals surface area contributed by atoms with Crippen molar-refractivity contribution in [1.29, 1.82) is 0 Å². The summed E-state index contributed by atoms with van der Waals surface area (Å²) < 4.78 is 5.54. The number of urea groups is 1. The number of nitrogens with one attached hydrogen (secondary N) is 1. The summed E-state index contributed by atoms with van der Waals surface area (Å²) in [5, 5.41) is 3.83. The molecule has 0 radical (unpaired) electrons. The molecule has 3 amide bonds. The maximum absolute atomic E-state index is 12.4. The molecule has 1 aliphatic heterocycles. The van der Waals surface area contributed by atoms with Crippen LogP contribution in [0.5, 0.6) is 0 Å². The van der Waals surface area contributed by atoms with Gasteiger partial charge in [-0.1, -0.05) is 0 Å². The second kappa shape index (κ2) is 7.21. The first-order valence-electron chi connectivity index (χ1n) is 9.78. The Hall–Kier alpha value is -2.57. The van der Waals surface area contributed by atoms with Crippen molar-refractivity contribution in [2.24, 2.45) is 17.8 Å². The summed E-state index contributed by atoms with van der Waals surface area (Å²) in [6.07, 6.45) is 4.25. The number of hydrogen-bond donors (Lipinski definition) is 1. The maximum Gasteiger partial charge on any atom is 0.319 e. The maximum atomic E-state index is 12.4. The van der Waals surface area contributed by atoms with E-state index in [1.807, 2.05) is 29.7 Å². The Labute approximate surface area is 158 Å². The standard InChI is InChI=1S/C20H26N4O3/c1-3-23(4-2)20(26)24-11-15-14(16(15)12-24)6-8-22-19(25)17-9-13-5-7-21-10-18(13)27-17/h5,7,9-10,14-16H,3-4,6,8,11-12H2,1-2H3,(H,22,25)/t14-,15-,16?/m1/s1. The number of hydrogen-bond acceptors (Lipinski definition) is 4. The van der Waals surface area contributed by atoms with E-state index in [0.29, 0.717) is 35.6 Å². The van der Waals surface area contributed by atoms with Crippen LogP contribution < -0.4 is 5.32 Å². The van der Waals surface area contributed by atoms with E-state index in [2.05, 4.69) is 10.3 Å². The molecule has 7 nitrogen and oxygen atoms in total. The Morgan fingerprint density at radius 1 is 1.30 bits per heavy atom. The number of furan rings is 1. The van der Waals surface area contributed by atoms with Gasteiger partial charge in [-0.25, -0.2) is 4.79 Å². The summed E-state index contributed by atoms with van der Waals surface area (Å²) in [6, 6.07) is 3.74. The minimum atomic E-state index is -0.185. The zero-order valence-electron chi connectivity index (χ0n) is 15.9. The number of aromatic nitrogens is 1. The predicted molar refractivity (Wildman–Crippen MR) is 101 cm³/mol. The topological polar surface area (TPSA) is 78.7 Å². The minimum Gasteiger partial charge on any atom is -0.449 e. The molecule has 1 saturated carbocycles. The summed E-state index contributed by atoms with van der Waals surface area (Å²) in [4.78, 5) is 32.5. The van der Waals surface area contributed by atoms with Gasteiger partial charge in [0.25, 0.3) is 5.91 Å². The fourth-order valence-corrected chi connectivity index (χ4v) is 4.36. The molecule has 3 atom stereocenters. The molecule has 0 aromatic carbocycles. The number of amides is 3. The molecule has 1 N–H and O–H groups in total. The van der Waals surface area contributed by atoms with Gasteiger partial charge in [-0.05, 0) is 50.2 Å². The highest BCUT2D eigenvalue weighted by Crippen LogP contribution is 2.53. The average Bonchev–Trinajstić information content (AvgIpc) is 3.07. The van der Waals surface area contributed by atoms with Crippen molar-refractivity contribution in [2.45, 2.75) is 20.3 Å². The lowest BCUT2D eigenvalue weighted by Crippen LogP contribution is -2.43. The van der Waals surface area contributed by atoms with Gasteiger partial charge in [0.05, 0.1) is 6.20 Å². The molecule has 144 valence electrons. The van der Waals surface area contributed by atoms with Crippen molar-refractivity contribution >= 4 is 22.9 Å². The highest BCUT2D eigenvalue weighted by atomic mass is 16.3. The van der Waals surface area contributed by atoms with Gasteiger partial charge < -0.3 is 19.5 Å². The fraction of sp³-hybridized carbons (Fsp3) is 0.550. The van der Waals surface area contributed by atoms with Crippen molar-refractivity contribution in [3.05, 3.63) is 30.3 Å². The van der Waals surface area contributed by atoms with E-state index in [1.165, 1.54) is 0 Å². The number of rotatable bonds is 6. The van der Waals surface area contributed by atoms with Crippen LogP contribution >= 0.6 is 0 Å². The van der Waals surface area contributed by atoms with E-state index in [-0.39, 0.29) is 11.9 Å². The number of likely N-dealkylation sites (tertiary alicyclic amines) is 1. The molecule has 27 heavy (non-hydrogen) atoms. The zero-order chi connectivity index (χ0) is 19.0. The smallest absolute Gasteiger partial charge is 0.319 e. The molecular formula is C20H26N4O3. The van der Waals surface area contributed by atoms with Crippen LogP contribution in [0.15, 0.2) is 28.9 Å². The third-order valence-electron chi connectivity index (χ3n) is 5.99. The van der Waals surface area contributed by atoms with Crippen LogP contribution in [0, 0.1) is 17.8 Å². The normalized spacial score (nSPS) is 23.3. The molecular weight excluding hydrogens is 344 g/mol. The Kier molecular flexibility index (Phi) is 4.76. The van der Waals surface area contributed by atoms with Crippen molar-refractivity contribution in [3.63, 3.8) is 0 Å². The minimum absolute atomic E-state index is 0.165. The summed E-state index contributed by atoms with van der Waals surface area (Å²) in [7, 11) is 0. The summed E-state index contributed by atoms with van der Waals surface area (Å²) in [6.45, 7) is 7.90. The number of carbonyl (C=O) groups excluding carboxylic acids is 2. The van der Waals surface area contributed by atoms with E-state index in [4.69, 9.17) is 4.42 Å². The van der Waals surface area contributed by atoms with Crippen LogP contribution in [0.3, 0.4) is 0 Å². The van der Waals surface area contributed by atoms with Crippen LogP contribution in [0.2, 0.25) is 0 Å². The molecule has 3 heterocycles. The number of piperidine rings is 1. The van der Waals surface area contributed by atoms with Gasteiger partial charge in [-0.15, -0.1) is 0 Å². The predicted octanol–water partition coefficient (Wildman–Crippen LogP) is 2.59. The van der Waals surface area contributed by atoms with E-state index in [0.717, 1.165) is 38.0 Å². The van der Waals surface area contributed by atoms with Crippen molar-refractivity contribution < 1.29 is 14.0 Å². The third-order valence-corrected chi connectivity index (χ3v) is 5.99. The van der Waals surface area contributed by atoms with Crippen LogP contribution in [-0.2, 0) is 0 Å². The van der Waals surface area contributed by atoms with Gasteiger partial charge >= 0.3 is 6.03 Å². The molecule has 2 aromatic rings. The quantitative estimate of drug-likeness (QED) is 0.848. The highest BCUT2D eigenvalue weighted by Gasteiger charge is 2.56. The van der Waals surface area contributed by atoms with E-state index in [9.17, 15) is 9.59 Å². The Balaban J connectivity index is 1.22. The van der Waals surface area contributed by atoms with Crippen LogP contribution in [0.25, 0.3) is 11.0 Å². The second-order valence-electron chi connectivity index (χ2n) is 7.42. The van der Waals surface area contributed by atoms with Crippen molar-refractivity contribution in [2.75, 3.05) is 32.7 Å². The van der Waals surface area contributed by atoms with E-state index < -0.39 is 0 Å². The molecule has 7 heteroatoms. The van der Waals surface area contributed by atoms with Gasteiger partial charge in [0.1, 0.15) is 0 Å². The third kappa shape index (κ3) is 3.38. The molecule has 0 bridgehead atoms. The van der Waals surface area contributed by atoms with Gasteiger partial charge in [0.15, 0.2) is 11.3 Å². The molecule has 2 aliphatic rings. The number of fused-ring (bicyclic) bond motifs is 2. The Bertz CT molecular complexity index is 800. The Morgan fingerprint density at radius 3 is 2.70 bits per heavy atom. The summed E-state index contributed by atoms with van der Waals surface area (Å²) in [5.41, 5.74) is 0.623. The lowest BCUT2D eigenvalue weighted by molar-refractivity contribution is 0.0926. The lowest BCUT2D eigenvalue weighted by atomic mass is 10.2.